The van der Waals surface area contributed by atoms with E-state index in [1.165, 1.54) is 17.0 Å². The second kappa shape index (κ2) is 7.09. The number of hydrogen-bond acceptors (Lipinski definition) is 5. The standard InChI is InChI=1S/C16H14Cl3N3O4S/c1-8-5-10-13(20-16(19)22(15(10)24)27(2,25)26)7-21(8)14(23)9-3-4-11(17)12(18)6-9/h3-4,6,8H,5,7H2,1-2H3/t8-/m1/s1. The molecule has 1 amide bonds. The first-order valence-electron chi connectivity index (χ1n) is 7.77. The Balaban J connectivity index is 2.03. The highest BCUT2D eigenvalue weighted by Gasteiger charge is 2.32. The van der Waals surface area contributed by atoms with Crippen molar-refractivity contribution in [3.63, 3.8) is 0 Å². The van der Waals surface area contributed by atoms with Crippen LogP contribution < -0.4 is 5.56 Å². The molecule has 0 aliphatic carbocycles. The van der Waals surface area contributed by atoms with E-state index in [1.807, 2.05) is 0 Å². The zero-order valence-corrected chi connectivity index (χ0v) is 17.3. The van der Waals surface area contributed by atoms with Gasteiger partial charge in [0, 0.05) is 17.2 Å². The molecule has 1 aliphatic heterocycles. The molecule has 0 saturated heterocycles. The minimum absolute atomic E-state index is 0.0230. The van der Waals surface area contributed by atoms with Gasteiger partial charge in [-0.3, -0.25) is 9.59 Å². The van der Waals surface area contributed by atoms with Crippen molar-refractivity contribution < 1.29 is 13.2 Å². The SMILES string of the molecule is C[C@@H]1Cc2c(nc(Cl)n(S(C)(=O)=O)c2=O)CN1C(=O)c1ccc(Cl)c(Cl)c1. The zero-order chi connectivity index (χ0) is 20.1. The van der Waals surface area contributed by atoms with Crippen LogP contribution in [-0.4, -0.2) is 40.5 Å². The van der Waals surface area contributed by atoms with Crippen molar-refractivity contribution in [2.75, 3.05) is 6.26 Å². The molecule has 144 valence electrons. The van der Waals surface area contributed by atoms with Gasteiger partial charge in [-0.15, -0.1) is 0 Å². The predicted octanol–water partition coefficient (Wildman–Crippen LogP) is 2.60. The third-order valence-electron chi connectivity index (χ3n) is 4.30. The summed E-state index contributed by atoms with van der Waals surface area (Å²) in [5.74, 6) is -0.308. The molecule has 0 unspecified atom stereocenters. The van der Waals surface area contributed by atoms with Gasteiger partial charge in [0.25, 0.3) is 11.5 Å². The molecule has 11 heteroatoms. The minimum atomic E-state index is -3.89. The fraction of sp³-hybridized carbons (Fsp3) is 0.312. The summed E-state index contributed by atoms with van der Waals surface area (Å²) < 4.78 is 24.1. The molecule has 0 spiro atoms. The summed E-state index contributed by atoms with van der Waals surface area (Å²) in [5.41, 5.74) is 0.114. The molecule has 2 heterocycles. The molecule has 7 nitrogen and oxygen atoms in total. The van der Waals surface area contributed by atoms with E-state index in [9.17, 15) is 18.0 Å². The number of carbonyl (C=O) groups is 1. The number of benzene rings is 1. The number of fused-ring (bicyclic) bond motifs is 1. The lowest BCUT2D eigenvalue weighted by Crippen LogP contribution is -2.46. The van der Waals surface area contributed by atoms with Gasteiger partial charge in [0.15, 0.2) is 0 Å². The Hall–Kier alpha value is -1.61. The lowest BCUT2D eigenvalue weighted by molar-refractivity contribution is 0.0653. The highest BCUT2D eigenvalue weighted by molar-refractivity contribution is 7.89. The molecule has 0 saturated carbocycles. The van der Waals surface area contributed by atoms with Crippen LogP contribution in [0.5, 0.6) is 0 Å². The van der Waals surface area contributed by atoms with E-state index < -0.39 is 20.9 Å². The summed E-state index contributed by atoms with van der Waals surface area (Å²) in [6.07, 6.45) is 1.03. The van der Waals surface area contributed by atoms with Gasteiger partial charge in [0.1, 0.15) is 0 Å². The summed E-state index contributed by atoms with van der Waals surface area (Å²) in [5, 5.41) is 0.127. The van der Waals surface area contributed by atoms with Gasteiger partial charge in [-0.2, -0.15) is 3.97 Å². The average Bonchev–Trinajstić information content (AvgIpc) is 2.56. The fourth-order valence-electron chi connectivity index (χ4n) is 2.97. The van der Waals surface area contributed by atoms with Crippen molar-refractivity contribution in [1.29, 1.82) is 0 Å². The predicted molar refractivity (Wildman–Crippen MR) is 103 cm³/mol. The Morgan fingerprint density at radius 2 is 1.89 bits per heavy atom. The van der Waals surface area contributed by atoms with Crippen molar-refractivity contribution >= 4 is 50.7 Å². The molecule has 27 heavy (non-hydrogen) atoms. The van der Waals surface area contributed by atoms with Gasteiger partial charge in [-0.05, 0) is 43.1 Å². The third kappa shape index (κ3) is 3.71. The number of nitrogens with zero attached hydrogens (tertiary/aromatic N) is 3. The lowest BCUT2D eigenvalue weighted by Gasteiger charge is -2.34. The third-order valence-corrected chi connectivity index (χ3v) is 6.39. The summed E-state index contributed by atoms with van der Waals surface area (Å²) in [7, 11) is -3.89. The van der Waals surface area contributed by atoms with Crippen LogP contribution in [0.4, 0.5) is 0 Å². The van der Waals surface area contributed by atoms with Crippen molar-refractivity contribution in [1.82, 2.24) is 13.9 Å². The first kappa shape index (κ1) is 20.1. The highest BCUT2D eigenvalue weighted by atomic mass is 35.5. The quantitative estimate of drug-likeness (QED) is 0.656. The van der Waals surface area contributed by atoms with E-state index in [0.717, 1.165) is 6.26 Å². The molecule has 0 N–H and O–H groups in total. The van der Waals surface area contributed by atoms with Crippen LogP contribution in [0.2, 0.25) is 15.3 Å². The van der Waals surface area contributed by atoms with Gasteiger partial charge in [-0.1, -0.05) is 23.2 Å². The van der Waals surface area contributed by atoms with Crippen LogP contribution in [-0.2, 0) is 23.0 Å². The van der Waals surface area contributed by atoms with E-state index in [4.69, 9.17) is 34.8 Å². The summed E-state index contributed by atoms with van der Waals surface area (Å²) >= 11 is 17.8. The van der Waals surface area contributed by atoms with Crippen molar-refractivity contribution in [2.45, 2.75) is 25.9 Å². The molecule has 0 fully saturated rings. The summed E-state index contributed by atoms with van der Waals surface area (Å²) in [6.45, 7) is 1.78. The minimum Gasteiger partial charge on any atom is -0.330 e. The molecule has 2 aromatic rings. The van der Waals surface area contributed by atoms with Crippen LogP contribution in [0.1, 0.15) is 28.5 Å². The number of rotatable bonds is 2. The van der Waals surface area contributed by atoms with E-state index in [0.29, 0.717) is 14.6 Å². The molecule has 3 rings (SSSR count). The van der Waals surface area contributed by atoms with Crippen molar-refractivity contribution in [3.8, 4) is 0 Å². The summed E-state index contributed by atoms with van der Waals surface area (Å²) in [6, 6.07) is 4.19. The van der Waals surface area contributed by atoms with Crippen molar-refractivity contribution in [2.24, 2.45) is 0 Å². The van der Waals surface area contributed by atoms with Gasteiger partial charge in [-0.25, -0.2) is 13.4 Å². The second-order valence-electron chi connectivity index (χ2n) is 6.25. The fourth-order valence-corrected chi connectivity index (χ4v) is 4.55. The molecule has 1 atom stereocenters. The average molecular weight is 451 g/mol. The maximum absolute atomic E-state index is 12.9. The van der Waals surface area contributed by atoms with Gasteiger partial charge in [0.05, 0.1) is 28.5 Å². The van der Waals surface area contributed by atoms with E-state index in [2.05, 4.69) is 4.98 Å². The first-order valence-corrected chi connectivity index (χ1v) is 10.8. The number of amides is 1. The highest BCUT2D eigenvalue weighted by Crippen LogP contribution is 2.26. The molecule has 1 aromatic heterocycles. The number of hydrogen-bond donors (Lipinski definition) is 0. The van der Waals surface area contributed by atoms with Gasteiger partial charge in [0.2, 0.25) is 15.3 Å². The van der Waals surface area contributed by atoms with Crippen LogP contribution >= 0.6 is 34.8 Å². The number of aromatic nitrogens is 2. The lowest BCUT2D eigenvalue weighted by atomic mass is 9.99. The Morgan fingerprint density at radius 3 is 2.48 bits per heavy atom. The molecule has 1 aliphatic rings. The molecule has 0 bridgehead atoms. The smallest absolute Gasteiger partial charge is 0.271 e. The normalized spacial score (nSPS) is 16.9. The monoisotopic (exact) mass is 449 g/mol. The molecular formula is C16H14Cl3N3O4S. The van der Waals surface area contributed by atoms with Crippen LogP contribution in [0.15, 0.2) is 23.0 Å². The number of carbonyl (C=O) groups excluding carboxylic acids is 1. The maximum Gasteiger partial charge on any atom is 0.271 e. The Kier molecular flexibility index (Phi) is 5.28. The largest absolute Gasteiger partial charge is 0.330 e. The summed E-state index contributed by atoms with van der Waals surface area (Å²) in [4.78, 5) is 31.0. The number of halogens is 3. The maximum atomic E-state index is 12.9. The van der Waals surface area contributed by atoms with E-state index in [1.54, 1.807) is 13.0 Å². The first-order chi connectivity index (χ1) is 12.5. The van der Waals surface area contributed by atoms with Gasteiger partial charge >= 0.3 is 0 Å². The van der Waals surface area contributed by atoms with E-state index >= 15 is 0 Å². The van der Waals surface area contributed by atoms with Crippen LogP contribution in [0.3, 0.4) is 0 Å². The Bertz CT molecular complexity index is 1110. The topological polar surface area (TPSA) is 89.3 Å². The van der Waals surface area contributed by atoms with Gasteiger partial charge < -0.3 is 4.90 Å². The van der Waals surface area contributed by atoms with Crippen LogP contribution in [0.25, 0.3) is 0 Å². The zero-order valence-electron chi connectivity index (χ0n) is 14.2. The Labute approximate surface area is 170 Å². The van der Waals surface area contributed by atoms with Crippen LogP contribution in [0, 0.1) is 0 Å². The molecule has 1 aromatic carbocycles. The molecular weight excluding hydrogens is 437 g/mol. The van der Waals surface area contributed by atoms with E-state index in [-0.39, 0.29) is 41.2 Å². The second-order valence-corrected chi connectivity index (χ2v) is 9.24. The molecule has 0 radical (unpaired) electrons. The van der Waals surface area contributed by atoms with Crippen molar-refractivity contribution in [3.05, 3.63) is 60.7 Å². The Morgan fingerprint density at radius 1 is 1.22 bits per heavy atom.